The Morgan fingerprint density at radius 3 is 2.85 bits per heavy atom. The van der Waals surface area contributed by atoms with Crippen molar-refractivity contribution in [2.45, 2.75) is 49.3 Å². The number of nitrogens with zero attached hydrogens (tertiary/aromatic N) is 3. The molecule has 0 spiro atoms. The molecule has 2 atom stereocenters. The number of fused-ring (bicyclic) bond motifs is 1. The third-order valence-electron chi connectivity index (χ3n) is 5.97. The van der Waals surface area contributed by atoms with Crippen LogP contribution in [0, 0.1) is 5.92 Å². The number of alkyl halides is 5. The second-order valence-corrected chi connectivity index (χ2v) is 14.3. The Hall–Kier alpha value is -2.02. The van der Waals surface area contributed by atoms with Crippen LogP contribution in [0.1, 0.15) is 43.1 Å². The van der Waals surface area contributed by atoms with Crippen molar-refractivity contribution < 1.29 is 22.8 Å². The quantitative estimate of drug-likeness (QED) is 0.311. The number of likely N-dealkylation sites (tertiary alicyclic amines) is 1. The van der Waals surface area contributed by atoms with Crippen LogP contribution in [0.2, 0.25) is 0 Å². The van der Waals surface area contributed by atoms with Crippen LogP contribution in [-0.2, 0) is 26.6 Å². The van der Waals surface area contributed by atoms with Crippen LogP contribution >= 0.6 is 19.8 Å². The summed E-state index contributed by atoms with van der Waals surface area (Å²) in [4.78, 5) is 37.9. The number of hydrogen-bond acceptors (Lipinski definition) is 5. The Bertz CT molecular complexity index is 1030. The number of hydrogen-bond donors (Lipinski definition) is 2. The first-order chi connectivity index (χ1) is 15.6. The summed E-state index contributed by atoms with van der Waals surface area (Å²) in [6.07, 6.45) is -1.31. The van der Waals surface area contributed by atoms with Crippen molar-refractivity contribution in [3.8, 4) is 11.5 Å². The molecule has 7 nitrogen and oxygen atoms in total. The van der Waals surface area contributed by atoms with Crippen molar-refractivity contribution >= 4 is 29.5 Å². The molecule has 1 saturated heterocycles. The average Bonchev–Trinajstić information content (AvgIpc) is 3.29. The van der Waals surface area contributed by atoms with Crippen LogP contribution in [0.25, 0.3) is 11.5 Å². The van der Waals surface area contributed by atoms with Crippen molar-refractivity contribution in [2.24, 2.45) is 11.7 Å². The van der Waals surface area contributed by atoms with Crippen molar-refractivity contribution in [1.29, 1.82) is 0 Å². The number of amides is 1. The van der Waals surface area contributed by atoms with Crippen molar-refractivity contribution in [3.63, 3.8) is 0 Å². The summed E-state index contributed by atoms with van der Waals surface area (Å²) in [5, 5.41) is 0. The van der Waals surface area contributed by atoms with Gasteiger partial charge in [-0.2, -0.15) is 0 Å². The molecule has 33 heavy (non-hydrogen) atoms. The molecule has 2 aliphatic heterocycles. The topological polar surface area (TPSA) is 105 Å². The summed E-state index contributed by atoms with van der Waals surface area (Å²) in [5.74, 6) is 0.465. The van der Waals surface area contributed by atoms with Gasteiger partial charge in [-0.05, 0) is 0 Å². The first-order valence-corrected chi connectivity index (χ1v) is 15.0. The van der Waals surface area contributed by atoms with Gasteiger partial charge in [0.1, 0.15) is 0 Å². The molecule has 180 valence electrons. The Labute approximate surface area is 197 Å². The first kappa shape index (κ1) is 24.1. The molecule has 0 aliphatic carbocycles. The number of carbonyl (C=O) groups is 2. The Kier molecular flexibility index (Phi) is 7.08. The van der Waals surface area contributed by atoms with Crippen molar-refractivity contribution in [1.82, 2.24) is 19.9 Å². The molecule has 2 aliphatic rings. The molecular formula is C22H27F3IN5O2. The molecule has 1 fully saturated rings. The molecule has 2 aromatic rings. The number of rotatable bonds is 6. The number of aromatic nitrogens is 3. The van der Waals surface area contributed by atoms with E-state index in [2.05, 4.69) is 21.9 Å². The minimum atomic E-state index is -4.59. The van der Waals surface area contributed by atoms with E-state index < -0.39 is 37.7 Å². The third kappa shape index (κ3) is 5.56. The zero-order valence-electron chi connectivity index (χ0n) is 18.3. The average molecular weight is 577 g/mol. The number of piperidine rings is 1. The number of nitrogens with one attached hydrogen (secondary N) is 1. The fourth-order valence-corrected chi connectivity index (χ4v) is 9.56. The Morgan fingerprint density at radius 2 is 2.15 bits per heavy atom. The first-order valence-electron chi connectivity index (χ1n) is 10.9. The summed E-state index contributed by atoms with van der Waals surface area (Å²) < 4.78 is 41.9. The van der Waals surface area contributed by atoms with E-state index >= 15 is 0 Å². The Morgan fingerprint density at radius 1 is 1.36 bits per heavy atom. The molecule has 0 unspecified atom stereocenters. The molecule has 4 rings (SSSR count). The molecule has 2 aromatic heterocycles. The fraction of sp³-hybridized carbons (Fsp3) is 0.545. The van der Waals surface area contributed by atoms with Crippen LogP contribution in [0.15, 0.2) is 18.3 Å². The predicted molar refractivity (Wildman–Crippen MR) is 126 cm³/mol. The minimum absolute atomic E-state index is 0.00863. The van der Waals surface area contributed by atoms with E-state index in [1.54, 1.807) is 23.2 Å². The van der Waals surface area contributed by atoms with E-state index in [1.807, 2.05) is 0 Å². The van der Waals surface area contributed by atoms with Gasteiger partial charge < -0.3 is 0 Å². The summed E-state index contributed by atoms with van der Waals surface area (Å²) in [7, 11) is 0. The molecule has 3 N–H and O–H groups in total. The zero-order valence-corrected chi connectivity index (χ0v) is 20.4. The summed E-state index contributed by atoms with van der Waals surface area (Å²) in [6.45, 7) is 3.07. The fourth-order valence-electron chi connectivity index (χ4n) is 4.27. The van der Waals surface area contributed by atoms with E-state index in [9.17, 15) is 22.8 Å². The molecule has 1 amide bonds. The SMILES string of the molecule is C[C@@H]1CCC(=O)N(C[C@@H](N)CC(=O)I2CCc3c(nc(-c4ccc[nH]4)nc3C(F)(F)F)C2)C1. The van der Waals surface area contributed by atoms with Gasteiger partial charge in [0.15, 0.2) is 0 Å². The second kappa shape index (κ2) is 9.69. The Balaban J connectivity index is 1.48. The predicted octanol–water partition coefficient (Wildman–Crippen LogP) is 3.56. The van der Waals surface area contributed by atoms with Gasteiger partial charge in [-0.25, -0.2) is 0 Å². The number of carbonyl (C=O) groups excluding carboxylic acids is 2. The maximum atomic E-state index is 13.7. The number of nitrogens with two attached hydrogens (primary N) is 1. The molecule has 4 heterocycles. The molecular weight excluding hydrogens is 550 g/mol. The number of halogens is 4. The van der Waals surface area contributed by atoms with Crippen molar-refractivity contribution in [2.75, 3.05) is 17.5 Å². The normalized spacial score (nSPS) is 21.1. The summed E-state index contributed by atoms with van der Waals surface area (Å²) in [5.41, 5.74) is 6.15. The van der Waals surface area contributed by atoms with E-state index in [1.165, 1.54) is 0 Å². The van der Waals surface area contributed by atoms with Gasteiger partial charge in [-0.3, -0.25) is 0 Å². The molecule has 0 saturated carbocycles. The monoisotopic (exact) mass is 577 g/mol. The number of H-pyrrole nitrogens is 1. The van der Waals surface area contributed by atoms with E-state index in [0.29, 0.717) is 41.2 Å². The standard InChI is InChI=1S/C22H27F3IN5O2/c1-13-4-5-19(33)31(11-13)12-14(27)9-18(32)26-7-6-15-17(10-26)29-21(16-3-2-8-28-16)30-20(15)22(23,24)25/h2-3,8,13-14,28H,4-7,9-12,27H2,1H3/t13-,14+/m1/s1. The van der Waals surface area contributed by atoms with E-state index in [-0.39, 0.29) is 38.4 Å². The summed E-state index contributed by atoms with van der Waals surface area (Å²) >= 11 is -2.27. The van der Waals surface area contributed by atoms with E-state index in [0.717, 1.165) is 6.42 Å². The third-order valence-corrected chi connectivity index (χ3v) is 11.6. The van der Waals surface area contributed by atoms with Crippen LogP contribution in [0.5, 0.6) is 0 Å². The van der Waals surface area contributed by atoms with Crippen molar-refractivity contribution in [3.05, 3.63) is 35.3 Å². The summed E-state index contributed by atoms with van der Waals surface area (Å²) in [6, 6.07) is 2.83. The molecule has 0 bridgehead atoms. The van der Waals surface area contributed by atoms with Gasteiger partial charge in [0.25, 0.3) is 0 Å². The van der Waals surface area contributed by atoms with Crippen LogP contribution in [0.3, 0.4) is 0 Å². The zero-order chi connectivity index (χ0) is 23.8. The van der Waals surface area contributed by atoms with Gasteiger partial charge in [0.05, 0.1) is 0 Å². The molecule has 0 aromatic carbocycles. The van der Waals surface area contributed by atoms with E-state index in [4.69, 9.17) is 5.73 Å². The van der Waals surface area contributed by atoms with Crippen LogP contribution < -0.4 is 5.73 Å². The van der Waals surface area contributed by atoms with Gasteiger partial charge in [-0.1, -0.05) is 0 Å². The number of aromatic amines is 1. The van der Waals surface area contributed by atoms with Gasteiger partial charge in [0, 0.05) is 0 Å². The van der Waals surface area contributed by atoms with Gasteiger partial charge >= 0.3 is 197 Å². The van der Waals surface area contributed by atoms with Crippen LogP contribution in [0.4, 0.5) is 13.2 Å². The maximum absolute atomic E-state index is 13.7. The molecule has 11 heteroatoms. The molecule has 0 radical (unpaired) electrons. The second-order valence-electron chi connectivity index (χ2n) is 8.69. The van der Waals surface area contributed by atoms with Gasteiger partial charge in [0.2, 0.25) is 0 Å². The van der Waals surface area contributed by atoms with Crippen LogP contribution in [-0.4, -0.2) is 53.1 Å². The van der Waals surface area contributed by atoms with Gasteiger partial charge in [-0.15, -0.1) is 0 Å².